The normalized spacial score (nSPS) is 18.4. The van der Waals surface area contributed by atoms with Gasteiger partial charge in [-0.2, -0.15) is 4.90 Å². The molecule has 1 aliphatic rings. The molecule has 1 aromatic heterocycles. The Bertz CT molecular complexity index is 842. The SMILES string of the molecule is COC(=O)[C@H]1NC(=O)[C@@H]1Cc1ccnc(N(C(=O)OC(C)(C)C)C(=O)OC(C)(C)C)c1. The smallest absolute Gasteiger partial charge is 0.425 e. The average Bonchev–Trinajstić information content (AvgIpc) is 2.61. The first-order valence-corrected chi connectivity index (χ1v) is 9.81. The highest BCUT2D eigenvalue weighted by molar-refractivity contribution is 6.08. The topological polar surface area (TPSA) is 124 Å². The van der Waals surface area contributed by atoms with E-state index in [1.54, 1.807) is 47.6 Å². The molecule has 2 heterocycles. The molecule has 10 heteroatoms. The summed E-state index contributed by atoms with van der Waals surface area (Å²) in [4.78, 5) is 54.0. The number of β-lactam (4-membered cyclic amide) rings is 1. The van der Waals surface area contributed by atoms with E-state index in [0.29, 0.717) is 10.5 Å². The van der Waals surface area contributed by atoms with Crippen molar-refractivity contribution in [2.24, 2.45) is 5.92 Å². The molecule has 1 fully saturated rings. The van der Waals surface area contributed by atoms with E-state index < -0.39 is 41.3 Å². The van der Waals surface area contributed by atoms with Gasteiger partial charge in [-0.15, -0.1) is 0 Å². The van der Waals surface area contributed by atoms with Gasteiger partial charge in [0.05, 0.1) is 13.0 Å². The molecule has 3 amide bonds. The standard InChI is InChI=1S/C21H29N3O7/c1-20(2,3)30-18(27)24(19(28)31-21(4,5)6)14-11-12(8-9-22-14)10-13-15(17(26)29-7)23-16(13)25/h8-9,11,13,15H,10H2,1-7H3,(H,23,25)/t13-,15+/m1/s1. The third-order valence-corrected chi connectivity index (χ3v) is 4.14. The number of nitrogens with zero attached hydrogens (tertiary/aromatic N) is 2. The molecule has 2 rings (SSSR count). The van der Waals surface area contributed by atoms with E-state index in [1.165, 1.54) is 19.4 Å². The van der Waals surface area contributed by atoms with E-state index in [4.69, 9.17) is 14.2 Å². The maximum absolute atomic E-state index is 12.8. The lowest BCUT2D eigenvalue weighted by atomic mass is 9.85. The number of imide groups is 1. The Kier molecular flexibility index (Phi) is 6.93. The lowest BCUT2D eigenvalue weighted by molar-refractivity contribution is -0.155. The Hall–Kier alpha value is -3.17. The second kappa shape index (κ2) is 8.91. The maximum Gasteiger partial charge on any atom is 0.425 e. The van der Waals surface area contributed by atoms with Gasteiger partial charge in [0.1, 0.15) is 23.1 Å². The fourth-order valence-corrected chi connectivity index (χ4v) is 2.82. The number of ether oxygens (including phenoxy) is 3. The first kappa shape index (κ1) is 24.1. The van der Waals surface area contributed by atoms with Crippen molar-refractivity contribution < 1.29 is 33.4 Å². The molecule has 0 spiro atoms. The number of hydrogen-bond acceptors (Lipinski definition) is 8. The molecule has 0 saturated carbocycles. The number of esters is 1. The van der Waals surface area contributed by atoms with Gasteiger partial charge in [0.2, 0.25) is 5.91 Å². The van der Waals surface area contributed by atoms with Gasteiger partial charge >= 0.3 is 18.2 Å². The molecule has 1 aliphatic heterocycles. The Morgan fingerprint density at radius 2 is 1.61 bits per heavy atom. The van der Waals surface area contributed by atoms with Crippen LogP contribution in [0.15, 0.2) is 18.3 Å². The zero-order valence-electron chi connectivity index (χ0n) is 18.8. The Balaban J connectivity index is 2.32. The van der Waals surface area contributed by atoms with Crippen LogP contribution in [0.3, 0.4) is 0 Å². The molecule has 0 bridgehead atoms. The minimum Gasteiger partial charge on any atom is -0.467 e. The van der Waals surface area contributed by atoms with Crippen molar-refractivity contribution in [1.29, 1.82) is 0 Å². The second-order valence-corrected chi connectivity index (χ2v) is 9.14. The van der Waals surface area contributed by atoms with Crippen LogP contribution >= 0.6 is 0 Å². The van der Waals surface area contributed by atoms with Crippen LogP contribution < -0.4 is 10.2 Å². The van der Waals surface area contributed by atoms with Crippen LogP contribution in [0, 0.1) is 5.92 Å². The van der Waals surface area contributed by atoms with Crippen LogP contribution in [-0.4, -0.2) is 53.4 Å². The summed E-state index contributed by atoms with van der Waals surface area (Å²) in [7, 11) is 1.24. The van der Waals surface area contributed by atoms with Gasteiger partial charge in [0.25, 0.3) is 0 Å². The minimum atomic E-state index is -0.944. The van der Waals surface area contributed by atoms with Gasteiger partial charge in [-0.3, -0.25) is 4.79 Å². The van der Waals surface area contributed by atoms with E-state index in [9.17, 15) is 19.2 Å². The third kappa shape index (κ3) is 6.40. The molecule has 0 unspecified atom stereocenters. The number of methoxy groups -OCH3 is 1. The Morgan fingerprint density at radius 1 is 1.06 bits per heavy atom. The van der Waals surface area contributed by atoms with Crippen LogP contribution in [0.5, 0.6) is 0 Å². The van der Waals surface area contributed by atoms with Gasteiger partial charge in [-0.05, 0) is 65.7 Å². The van der Waals surface area contributed by atoms with Crippen LogP contribution in [0.4, 0.5) is 15.4 Å². The van der Waals surface area contributed by atoms with E-state index >= 15 is 0 Å². The molecular weight excluding hydrogens is 406 g/mol. The third-order valence-electron chi connectivity index (χ3n) is 4.14. The molecule has 170 valence electrons. The zero-order valence-corrected chi connectivity index (χ0v) is 18.8. The molecule has 0 radical (unpaired) electrons. The van der Waals surface area contributed by atoms with Crippen molar-refractivity contribution in [3.05, 3.63) is 23.9 Å². The predicted octanol–water partition coefficient (Wildman–Crippen LogP) is 2.59. The molecule has 2 atom stereocenters. The zero-order chi connectivity index (χ0) is 23.6. The molecule has 1 aromatic rings. The van der Waals surface area contributed by atoms with Crippen molar-refractivity contribution >= 4 is 29.9 Å². The van der Waals surface area contributed by atoms with Crippen LogP contribution in [-0.2, 0) is 30.2 Å². The molecular formula is C21H29N3O7. The van der Waals surface area contributed by atoms with Crippen LogP contribution in [0.25, 0.3) is 0 Å². The van der Waals surface area contributed by atoms with Gasteiger partial charge in [0.15, 0.2) is 0 Å². The van der Waals surface area contributed by atoms with Crippen LogP contribution in [0.2, 0.25) is 0 Å². The lowest BCUT2D eigenvalue weighted by Gasteiger charge is -2.34. The highest BCUT2D eigenvalue weighted by atomic mass is 16.6. The summed E-state index contributed by atoms with van der Waals surface area (Å²) in [5.41, 5.74) is -1.12. The van der Waals surface area contributed by atoms with Gasteiger partial charge in [-0.1, -0.05) is 0 Å². The number of nitrogens with one attached hydrogen (secondary N) is 1. The minimum absolute atomic E-state index is 0.0182. The molecule has 1 saturated heterocycles. The van der Waals surface area contributed by atoms with Crippen LogP contribution in [0.1, 0.15) is 47.1 Å². The number of anilines is 1. The van der Waals surface area contributed by atoms with Gasteiger partial charge < -0.3 is 19.5 Å². The number of hydrogen-bond donors (Lipinski definition) is 1. The summed E-state index contributed by atoms with van der Waals surface area (Å²) >= 11 is 0. The number of aromatic nitrogens is 1. The van der Waals surface area contributed by atoms with Gasteiger partial charge in [-0.25, -0.2) is 19.4 Å². The fraction of sp³-hybridized carbons (Fsp3) is 0.571. The monoisotopic (exact) mass is 435 g/mol. The van der Waals surface area contributed by atoms with Crippen molar-refractivity contribution in [1.82, 2.24) is 10.3 Å². The Morgan fingerprint density at radius 3 is 2.06 bits per heavy atom. The summed E-state index contributed by atoms with van der Waals surface area (Å²) in [5.74, 6) is -1.47. The molecule has 10 nitrogen and oxygen atoms in total. The Labute approximate surface area is 181 Å². The molecule has 0 aromatic carbocycles. The number of carbonyl (C=O) groups excluding carboxylic acids is 4. The van der Waals surface area contributed by atoms with E-state index in [0.717, 1.165) is 0 Å². The number of pyridine rings is 1. The largest absolute Gasteiger partial charge is 0.467 e. The number of rotatable bonds is 4. The highest BCUT2D eigenvalue weighted by Crippen LogP contribution is 2.25. The number of carbonyl (C=O) groups is 4. The molecule has 0 aliphatic carbocycles. The van der Waals surface area contributed by atoms with Gasteiger partial charge in [0, 0.05) is 6.20 Å². The highest BCUT2D eigenvalue weighted by Gasteiger charge is 2.44. The average molecular weight is 435 g/mol. The second-order valence-electron chi connectivity index (χ2n) is 9.14. The van der Waals surface area contributed by atoms with Crippen molar-refractivity contribution in [3.8, 4) is 0 Å². The first-order valence-electron chi connectivity index (χ1n) is 9.81. The summed E-state index contributed by atoms with van der Waals surface area (Å²) in [6, 6.07) is 2.36. The fourth-order valence-electron chi connectivity index (χ4n) is 2.82. The van der Waals surface area contributed by atoms with E-state index in [-0.39, 0.29) is 18.1 Å². The maximum atomic E-state index is 12.8. The summed E-state index contributed by atoms with van der Waals surface area (Å²) < 4.78 is 15.4. The summed E-state index contributed by atoms with van der Waals surface area (Å²) in [6.07, 6.45) is -0.297. The first-order chi connectivity index (χ1) is 14.2. The lowest BCUT2D eigenvalue weighted by Crippen LogP contribution is -2.62. The molecule has 31 heavy (non-hydrogen) atoms. The predicted molar refractivity (Wildman–Crippen MR) is 110 cm³/mol. The van der Waals surface area contributed by atoms with E-state index in [2.05, 4.69) is 10.3 Å². The number of amides is 3. The molecule has 1 N–H and O–H groups in total. The van der Waals surface area contributed by atoms with Crippen molar-refractivity contribution in [2.45, 2.75) is 65.2 Å². The van der Waals surface area contributed by atoms with Crippen molar-refractivity contribution in [2.75, 3.05) is 12.0 Å². The summed E-state index contributed by atoms with van der Waals surface area (Å²) in [6.45, 7) is 10.0. The van der Waals surface area contributed by atoms with Crippen molar-refractivity contribution in [3.63, 3.8) is 0 Å². The summed E-state index contributed by atoms with van der Waals surface area (Å²) in [5, 5.41) is 2.50. The quantitative estimate of drug-likeness (QED) is 0.435. The van der Waals surface area contributed by atoms with E-state index in [1.807, 2.05) is 0 Å².